The lowest BCUT2D eigenvalue weighted by Crippen LogP contribution is -2.25. The van der Waals surface area contributed by atoms with Crippen molar-refractivity contribution in [3.63, 3.8) is 0 Å². The highest BCUT2D eigenvalue weighted by Gasteiger charge is 2.25. The Hall–Kier alpha value is -0.740. The zero-order valence-electron chi connectivity index (χ0n) is 11.3. The van der Waals surface area contributed by atoms with E-state index >= 15 is 0 Å². The first-order chi connectivity index (χ1) is 9.60. The van der Waals surface area contributed by atoms with Gasteiger partial charge >= 0.3 is 0 Å². The number of rotatable bonds is 5. The van der Waals surface area contributed by atoms with Crippen LogP contribution in [0.2, 0.25) is 15.1 Å². The van der Waals surface area contributed by atoms with Crippen LogP contribution in [0.4, 0.5) is 0 Å². The number of aryl methyl sites for hydroxylation is 1. The maximum atomic E-state index is 6.33. The summed E-state index contributed by atoms with van der Waals surface area (Å²) >= 11 is 19.0. The third-order valence-electron chi connectivity index (χ3n) is 3.10. The van der Waals surface area contributed by atoms with Gasteiger partial charge in [0.15, 0.2) is 0 Å². The number of hydrogen-bond donors (Lipinski definition) is 1. The standard InChI is InChI=1S/C14H16Cl3N3/c1-3-18-13(12-9(15)6-5-7-10(12)16)14-11(17)8-19-20(14)4-2/h5-8,13,18H,3-4H2,1-2H3. The lowest BCUT2D eigenvalue weighted by Gasteiger charge is -2.22. The molecular weight excluding hydrogens is 317 g/mol. The van der Waals surface area contributed by atoms with E-state index in [1.54, 1.807) is 6.20 Å². The molecule has 0 radical (unpaired) electrons. The van der Waals surface area contributed by atoms with Crippen molar-refractivity contribution >= 4 is 34.8 Å². The molecule has 0 saturated heterocycles. The van der Waals surface area contributed by atoms with Crippen molar-refractivity contribution in [3.8, 4) is 0 Å². The first-order valence-corrected chi connectivity index (χ1v) is 7.62. The molecule has 1 aromatic carbocycles. The first-order valence-electron chi connectivity index (χ1n) is 6.48. The van der Waals surface area contributed by atoms with Crippen molar-refractivity contribution in [1.29, 1.82) is 0 Å². The molecule has 0 aliphatic heterocycles. The van der Waals surface area contributed by atoms with Crippen molar-refractivity contribution in [2.45, 2.75) is 26.4 Å². The Morgan fingerprint density at radius 1 is 1.15 bits per heavy atom. The van der Waals surface area contributed by atoms with Crippen LogP contribution in [0.15, 0.2) is 24.4 Å². The van der Waals surface area contributed by atoms with Gasteiger partial charge in [-0.05, 0) is 25.6 Å². The molecular formula is C14H16Cl3N3. The Morgan fingerprint density at radius 2 is 1.80 bits per heavy atom. The largest absolute Gasteiger partial charge is 0.305 e. The molecule has 1 atom stereocenters. The molecule has 6 heteroatoms. The fourth-order valence-electron chi connectivity index (χ4n) is 2.24. The minimum Gasteiger partial charge on any atom is -0.305 e. The van der Waals surface area contributed by atoms with Crippen molar-refractivity contribution in [2.24, 2.45) is 0 Å². The third-order valence-corrected chi connectivity index (χ3v) is 4.05. The fourth-order valence-corrected chi connectivity index (χ4v) is 3.10. The van der Waals surface area contributed by atoms with Crippen LogP contribution in [0.25, 0.3) is 0 Å². The predicted molar refractivity (Wildman–Crippen MR) is 84.9 cm³/mol. The third kappa shape index (κ3) is 2.96. The minimum atomic E-state index is -0.184. The van der Waals surface area contributed by atoms with Crippen molar-refractivity contribution in [3.05, 3.63) is 50.7 Å². The molecule has 2 aromatic rings. The van der Waals surface area contributed by atoms with E-state index in [1.807, 2.05) is 36.7 Å². The molecule has 1 unspecified atom stereocenters. The maximum absolute atomic E-state index is 6.33. The Bertz CT molecular complexity index is 575. The van der Waals surface area contributed by atoms with Gasteiger partial charge in [-0.2, -0.15) is 5.10 Å². The molecule has 0 saturated carbocycles. The zero-order valence-corrected chi connectivity index (χ0v) is 13.6. The van der Waals surface area contributed by atoms with Crippen LogP contribution < -0.4 is 5.32 Å². The molecule has 20 heavy (non-hydrogen) atoms. The molecule has 0 aliphatic rings. The second-order valence-electron chi connectivity index (χ2n) is 4.32. The molecule has 3 nitrogen and oxygen atoms in total. The van der Waals surface area contributed by atoms with Gasteiger partial charge in [0.1, 0.15) is 0 Å². The normalized spacial score (nSPS) is 12.7. The quantitative estimate of drug-likeness (QED) is 0.869. The monoisotopic (exact) mass is 331 g/mol. The summed E-state index contributed by atoms with van der Waals surface area (Å²) in [7, 11) is 0. The summed E-state index contributed by atoms with van der Waals surface area (Å²) in [4.78, 5) is 0. The van der Waals surface area contributed by atoms with Gasteiger partial charge in [0.05, 0.1) is 23.0 Å². The average Bonchev–Trinajstić information content (AvgIpc) is 2.78. The van der Waals surface area contributed by atoms with E-state index in [0.29, 0.717) is 15.1 Å². The molecule has 0 fully saturated rings. The molecule has 108 valence electrons. The van der Waals surface area contributed by atoms with Gasteiger partial charge in [-0.3, -0.25) is 4.68 Å². The second-order valence-corrected chi connectivity index (χ2v) is 5.54. The van der Waals surface area contributed by atoms with Crippen molar-refractivity contribution in [1.82, 2.24) is 15.1 Å². The number of benzene rings is 1. The van der Waals surface area contributed by atoms with E-state index in [1.165, 1.54) is 0 Å². The summed E-state index contributed by atoms with van der Waals surface area (Å²) in [6, 6.07) is 5.30. The van der Waals surface area contributed by atoms with E-state index in [-0.39, 0.29) is 6.04 Å². The van der Waals surface area contributed by atoms with E-state index in [4.69, 9.17) is 34.8 Å². The van der Waals surface area contributed by atoms with Crippen LogP contribution in [0, 0.1) is 0 Å². The molecule has 0 aliphatic carbocycles. The molecule has 1 aromatic heterocycles. The van der Waals surface area contributed by atoms with Crippen LogP contribution >= 0.6 is 34.8 Å². The van der Waals surface area contributed by atoms with Crippen LogP contribution in [0.1, 0.15) is 31.1 Å². The van der Waals surface area contributed by atoms with Crippen LogP contribution in [-0.2, 0) is 6.54 Å². The lowest BCUT2D eigenvalue weighted by molar-refractivity contribution is 0.543. The van der Waals surface area contributed by atoms with Gasteiger partial charge in [0.25, 0.3) is 0 Å². The molecule has 1 heterocycles. The highest BCUT2D eigenvalue weighted by atomic mass is 35.5. The topological polar surface area (TPSA) is 29.9 Å². The highest BCUT2D eigenvalue weighted by molar-refractivity contribution is 6.36. The van der Waals surface area contributed by atoms with Crippen molar-refractivity contribution in [2.75, 3.05) is 6.54 Å². The number of halogens is 3. The van der Waals surface area contributed by atoms with Gasteiger partial charge in [0, 0.05) is 22.2 Å². The minimum absolute atomic E-state index is 0.184. The van der Waals surface area contributed by atoms with E-state index in [2.05, 4.69) is 10.4 Å². The number of hydrogen-bond acceptors (Lipinski definition) is 2. The molecule has 0 spiro atoms. The lowest BCUT2D eigenvalue weighted by atomic mass is 10.0. The Kier molecular flexibility index (Phi) is 5.33. The van der Waals surface area contributed by atoms with Gasteiger partial charge in [-0.25, -0.2) is 0 Å². The van der Waals surface area contributed by atoms with Crippen LogP contribution in [0.3, 0.4) is 0 Å². The fraction of sp³-hybridized carbons (Fsp3) is 0.357. The second kappa shape index (κ2) is 6.81. The van der Waals surface area contributed by atoms with Crippen LogP contribution in [0.5, 0.6) is 0 Å². The van der Waals surface area contributed by atoms with E-state index < -0.39 is 0 Å². The Morgan fingerprint density at radius 3 is 2.35 bits per heavy atom. The summed E-state index contributed by atoms with van der Waals surface area (Å²) in [5.74, 6) is 0. The van der Waals surface area contributed by atoms with Gasteiger partial charge in [-0.1, -0.05) is 47.8 Å². The van der Waals surface area contributed by atoms with E-state index in [9.17, 15) is 0 Å². The summed E-state index contributed by atoms with van der Waals surface area (Å²) in [5.41, 5.74) is 1.71. The molecule has 2 rings (SSSR count). The summed E-state index contributed by atoms with van der Waals surface area (Å²) in [5, 5.41) is 9.50. The Balaban J connectivity index is 2.59. The summed E-state index contributed by atoms with van der Waals surface area (Å²) < 4.78 is 1.86. The maximum Gasteiger partial charge on any atom is 0.0837 e. The first kappa shape index (κ1) is 15.6. The van der Waals surface area contributed by atoms with Gasteiger partial charge in [0.2, 0.25) is 0 Å². The van der Waals surface area contributed by atoms with Gasteiger partial charge in [-0.15, -0.1) is 0 Å². The number of nitrogens with zero attached hydrogens (tertiary/aromatic N) is 2. The van der Waals surface area contributed by atoms with E-state index in [0.717, 1.165) is 24.3 Å². The number of aromatic nitrogens is 2. The summed E-state index contributed by atoms with van der Waals surface area (Å²) in [6.07, 6.45) is 1.65. The summed E-state index contributed by atoms with van der Waals surface area (Å²) in [6.45, 7) is 5.53. The SMILES string of the molecule is CCNC(c1c(Cl)cccc1Cl)c1c(Cl)cnn1CC. The molecule has 0 bridgehead atoms. The predicted octanol–water partition coefficient (Wildman–Crippen LogP) is 4.56. The average molecular weight is 333 g/mol. The zero-order chi connectivity index (χ0) is 14.7. The van der Waals surface area contributed by atoms with Crippen LogP contribution in [-0.4, -0.2) is 16.3 Å². The highest BCUT2D eigenvalue weighted by Crippen LogP contribution is 2.36. The molecule has 0 amide bonds. The number of nitrogens with one attached hydrogen (secondary N) is 1. The molecule has 1 N–H and O–H groups in total. The van der Waals surface area contributed by atoms with Gasteiger partial charge < -0.3 is 5.32 Å². The smallest absolute Gasteiger partial charge is 0.0837 e. The Labute approximate surface area is 133 Å². The van der Waals surface area contributed by atoms with Crippen molar-refractivity contribution < 1.29 is 0 Å².